The first-order valence-electron chi connectivity index (χ1n) is 39.1. The third kappa shape index (κ3) is 11.5. The third-order valence-electron chi connectivity index (χ3n) is 24.5. The van der Waals surface area contributed by atoms with Gasteiger partial charge in [0.05, 0.1) is 0 Å². The topological polar surface area (TPSA) is 15.5 Å². The molecule has 112 heavy (non-hydrogen) atoms. The Morgan fingerprint density at radius 3 is 0.491 bits per heavy atom. The van der Waals surface area contributed by atoms with Crippen LogP contribution in [-0.2, 0) is 0 Å². The molecule has 0 saturated heterocycles. The quantitative estimate of drug-likeness (QED) is 0.0856. The van der Waals surface area contributed by atoms with Crippen LogP contribution in [0.4, 0.5) is 0 Å². The molecule has 524 valence electrons. The van der Waals surface area contributed by atoms with Gasteiger partial charge in [0, 0.05) is 45.9 Å². The molecule has 4 heterocycles. The first-order chi connectivity index (χ1) is 55.6. The highest BCUT2D eigenvalue weighted by molar-refractivity contribution is 7.03. The van der Waals surface area contributed by atoms with Crippen molar-refractivity contribution < 1.29 is 17.9 Å². The van der Waals surface area contributed by atoms with Crippen molar-refractivity contribution in [2.45, 2.75) is 23.7 Å². The molecule has 0 saturated carbocycles. The summed E-state index contributed by atoms with van der Waals surface area (Å²) in [7, 11) is 0. The Kier molecular flexibility index (Phi) is 17.9. The summed E-state index contributed by atoms with van der Waals surface area (Å²) >= 11 is 0. The Bertz CT molecular complexity index is 5230. The van der Waals surface area contributed by atoms with Gasteiger partial charge in [0.15, 0.2) is 0 Å². The number of pyridine rings is 4. The van der Waals surface area contributed by atoms with Crippen LogP contribution in [0.25, 0.3) is 0 Å². The fraction of sp³-hybridized carbons (Fsp3) is 0.0385. The molecule has 4 aromatic heterocycles. The van der Waals surface area contributed by atoms with Crippen molar-refractivity contribution in [3.8, 4) is 47.0 Å². The van der Waals surface area contributed by atoms with Gasteiger partial charge in [0.2, 0.25) is 0 Å². The predicted molar refractivity (Wildman–Crippen MR) is 460 cm³/mol. The zero-order valence-corrected chi connectivity index (χ0v) is 62.0. The molecule has 0 fully saturated rings. The lowest BCUT2D eigenvalue weighted by atomic mass is 9.27. The lowest BCUT2D eigenvalue weighted by molar-refractivity contribution is -0.539. The molecule has 12 aromatic carbocycles. The Balaban J connectivity index is 0.959. The Morgan fingerprint density at radius 1 is 0.161 bits per heavy atom. The van der Waals surface area contributed by atoms with Crippen LogP contribution in [0.15, 0.2) is 438 Å². The fourth-order valence-electron chi connectivity index (χ4n) is 19.6. The average molecular weight is 1430 g/mol. The fourth-order valence-corrected chi connectivity index (χ4v) is 19.6. The monoisotopic (exact) mass is 1420 g/mol. The lowest BCUT2D eigenvalue weighted by Crippen LogP contribution is -2.78. The molecule has 4 bridgehead atoms. The number of benzene rings is 12. The summed E-state index contributed by atoms with van der Waals surface area (Å²) in [5.41, 5.74) is 22.6. The Hall–Kier alpha value is -14.3. The van der Waals surface area contributed by atoms with E-state index in [1.165, 1.54) is 44.5 Å². The molecular formula is C104H76B4N4. The maximum Gasteiger partial charge on any atom is 0.401 e. The van der Waals surface area contributed by atoms with Crippen molar-refractivity contribution in [2.75, 3.05) is 0 Å². The minimum atomic E-state index is -2.02. The van der Waals surface area contributed by atoms with Crippen LogP contribution in [0.5, 0.6) is 0 Å². The maximum absolute atomic E-state index is 4.26. The molecule has 4 nitrogen and oxygen atoms in total. The normalized spacial score (nSPS) is 14.9. The molecule has 0 N–H and O–H groups in total. The highest BCUT2D eigenvalue weighted by Gasteiger charge is 2.53. The summed E-state index contributed by atoms with van der Waals surface area (Å²) in [6.07, 6.45) is 9.44. The summed E-state index contributed by atoms with van der Waals surface area (Å²) < 4.78 is 9.40. The summed E-state index contributed by atoms with van der Waals surface area (Å²) in [4.78, 5) is 0. The van der Waals surface area contributed by atoms with Crippen LogP contribution in [0.3, 0.4) is 0 Å². The molecule has 22 rings (SSSR count). The van der Waals surface area contributed by atoms with Crippen LogP contribution in [0.2, 0.25) is 0 Å². The SMILES string of the molecule is C(#C[B-](c1ccccc1)(c1ccccc1)[n+]1ccccc1)c1cccc2c1C1c3c(C#C[B-](c4ccccc4)(c4ccccc4)[n+]4ccccc4)cccc3C2C2c3cccc(C#C[B-](c4ccccc4)(c4ccccc4)[n+]4ccccc4)c3C1c1c(C#C[B-](c3ccccc3)(c3ccccc3)[n+]3ccccc3)cccc12. The molecule has 8 heteroatoms. The summed E-state index contributed by atoms with van der Waals surface area (Å²) in [6.45, 7) is 0. The smallest absolute Gasteiger partial charge is 0.401 e. The van der Waals surface area contributed by atoms with E-state index in [1.54, 1.807) is 0 Å². The first-order valence-corrected chi connectivity index (χ1v) is 39.1. The summed E-state index contributed by atoms with van der Waals surface area (Å²) in [6, 6.07) is 141. The van der Waals surface area contributed by atoms with Gasteiger partial charge < -0.3 is 17.9 Å². The molecular weight excluding hydrogens is 1350 g/mol. The van der Waals surface area contributed by atoms with Crippen molar-refractivity contribution in [3.63, 3.8) is 0 Å². The van der Waals surface area contributed by atoms with Crippen molar-refractivity contribution >= 4 is 68.8 Å². The second-order valence-electron chi connectivity index (χ2n) is 30.1. The van der Waals surface area contributed by atoms with Crippen molar-refractivity contribution in [1.82, 2.24) is 0 Å². The second kappa shape index (κ2) is 29.4. The summed E-state index contributed by atoms with van der Waals surface area (Å²) in [5.74, 6) is 32.5. The average Bonchev–Trinajstić information content (AvgIpc) is 0.674. The van der Waals surface area contributed by atoms with E-state index >= 15 is 0 Å². The molecule has 16 aromatic rings. The highest BCUT2D eigenvalue weighted by atomic mass is 14.9. The summed E-state index contributed by atoms with van der Waals surface area (Å²) in [5, 5.41) is 0. The van der Waals surface area contributed by atoms with Gasteiger partial charge in [-0.25, -0.2) is 23.3 Å². The minimum absolute atomic E-state index is 0.257. The van der Waals surface area contributed by atoms with Crippen LogP contribution >= 0.6 is 0 Å². The van der Waals surface area contributed by atoms with E-state index in [-0.39, 0.29) is 11.8 Å². The lowest BCUT2D eigenvalue weighted by Gasteiger charge is -2.51. The largest absolute Gasteiger partial charge is 0.408 e. The molecule has 0 amide bonds. The molecule has 0 spiro atoms. The molecule has 6 aliphatic rings. The van der Waals surface area contributed by atoms with E-state index in [0.717, 1.165) is 66.0 Å². The predicted octanol–water partition coefficient (Wildman–Crippen LogP) is 12.5. The number of aromatic nitrogens is 4. The zero-order chi connectivity index (χ0) is 74.7. The van der Waals surface area contributed by atoms with Gasteiger partial charge in [-0.05, 0) is 117 Å². The van der Waals surface area contributed by atoms with Gasteiger partial charge in [-0.3, -0.25) is 0 Å². The van der Waals surface area contributed by atoms with Crippen LogP contribution in [-0.4, -0.2) is 25.1 Å². The van der Waals surface area contributed by atoms with E-state index in [2.05, 4.69) is 503 Å². The molecule has 0 unspecified atom stereocenters. The van der Waals surface area contributed by atoms with E-state index in [0.29, 0.717) is 0 Å². The number of nitrogens with zero attached hydrogens (tertiary/aromatic N) is 4. The zero-order valence-electron chi connectivity index (χ0n) is 62.0. The molecule has 6 aliphatic carbocycles. The van der Waals surface area contributed by atoms with Gasteiger partial charge in [0.25, 0.3) is 0 Å². The van der Waals surface area contributed by atoms with E-state index in [4.69, 9.17) is 0 Å². The number of rotatable bonds is 12. The number of hydrogen-bond acceptors (Lipinski definition) is 0. The molecule has 0 aliphatic heterocycles. The highest BCUT2D eigenvalue weighted by Crippen LogP contribution is 2.66. The van der Waals surface area contributed by atoms with Crippen LogP contribution in [0.1, 0.15) is 90.4 Å². The van der Waals surface area contributed by atoms with E-state index < -0.39 is 37.0 Å². The Morgan fingerprint density at radius 2 is 0.321 bits per heavy atom. The van der Waals surface area contributed by atoms with E-state index in [9.17, 15) is 0 Å². The molecule has 0 atom stereocenters. The van der Waals surface area contributed by atoms with Gasteiger partial charge in [-0.1, -0.05) is 315 Å². The van der Waals surface area contributed by atoms with Crippen LogP contribution < -0.4 is 61.6 Å². The molecule has 0 radical (unpaired) electrons. The van der Waals surface area contributed by atoms with Crippen molar-refractivity contribution in [1.29, 1.82) is 0 Å². The maximum atomic E-state index is 4.26. The van der Waals surface area contributed by atoms with Gasteiger partial charge in [-0.15, -0.1) is 67.4 Å². The van der Waals surface area contributed by atoms with Gasteiger partial charge in [-0.2, -0.15) is 0 Å². The Labute approximate surface area is 657 Å². The minimum Gasteiger partial charge on any atom is -0.408 e. The van der Waals surface area contributed by atoms with Crippen LogP contribution in [0, 0.1) is 47.0 Å². The van der Waals surface area contributed by atoms with Crippen molar-refractivity contribution in [2.24, 2.45) is 0 Å². The van der Waals surface area contributed by atoms with E-state index in [1.807, 2.05) is 0 Å². The standard InChI is InChI=1S/C104H76B4N4/c1-13-45-85(46-14-1)105(86-47-15-2-16-48-86,109-73-29-9-30-74-109)69-65-81-41-37-61-93-97(81)103-98-82(66-70-106(87-49-17-3-18-50-87,88-51-19-4-20-52-88)110-75-31-10-32-76-110)42-38-62-94(98)101(93)102-95-63-39-43-83(67-71-107(89-53-21-5-22-54-89,90-55-23-6-24-56-90)111-77-33-11-34-78-111)99(95)104(103)100-84(44-40-64-96(100)102)68-72-108(91-57-25-7-26-58-91,92-59-27-8-28-60-92)112-79-35-12-36-80-112/h1-64,73-80,101-104H. The van der Waals surface area contributed by atoms with Gasteiger partial charge in [0.1, 0.15) is 49.6 Å². The first kappa shape index (κ1) is 68.3. The third-order valence-corrected chi connectivity index (χ3v) is 24.5. The van der Waals surface area contributed by atoms with Gasteiger partial charge >= 0.3 is 25.1 Å². The number of hydrogen-bond donors (Lipinski definition) is 0. The second-order valence-corrected chi connectivity index (χ2v) is 30.1. The van der Waals surface area contributed by atoms with Crippen molar-refractivity contribution in [3.05, 3.63) is 505 Å².